The van der Waals surface area contributed by atoms with Crippen LogP contribution in [-0.4, -0.2) is 56.3 Å². The van der Waals surface area contributed by atoms with Crippen molar-refractivity contribution in [3.63, 3.8) is 0 Å². The highest BCUT2D eigenvalue weighted by molar-refractivity contribution is 6.76. The molecule has 1 unspecified atom stereocenters. The maximum Gasteiger partial charge on any atom is 0.428 e. The Bertz CT molecular complexity index is 1710. The van der Waals surface area contributed by atoms with Crippen LogP contribution in [0.15, 0.2) is 30.6 Å². The number of rotatable bonds is 8. The molecular weight excluding hydrogens is 555 g/mol. The van der Waals surface area contributed by atoms with Gasteiger partial charge in [0.1, 0.15) is 18.3 Å². The first-order chi connectivity index (χ1) is 19.2. The molecule has 1 aliphatic rings. The molecule has 2 N–H and O–H groups in total. The van der Waals surface area contributed by atoms with Crippen LogP contribution < -0.4 is 0 Å². The molecule has 0 bridgehead atoms. The molecule has 1 fully saturated rings. The fourth-order valence-electron chi connectivity index (χ4n) is 5.23. The van der Waals surface area contributed by atoms with Gasteiger partial charge in [-0.3, -0.25) is 9.13 Å². The van der Waals surface area contributed by atoms with Gasteiger partial charge in [-0.2, -0.15) is 18.4 Å². The topological polar surface area (TPSA) is 126 Å². The molecule has 1 aromatic carbocycles. The number of aryl methyl sites for hydroxylation is 1. The van der Waals surface area contributed by atoms with Crippen molar-refractivity contribution >= 4 is 36.2 Å². The van der Waals surface area contributed by atoms with Crippen molar-refractivity contribution in [1.29, 1.82) is 5.26 Å². The molecule has 3 heterocycles. The molecule has 3 aromatic heterocycles. The molecule has 216 valence electrons. The van der Waals surface area contributed by atoms with E-state index >= 15 is 13.2 Å². The molecule has 9 nitrogen and oxygen atoms in total. The number of carbonyl (C=O) groups is 1. The van der Waals surface area contributed by atoms with Crippen molar-refractivity contribution in [2.24, 2.45) is 0 Å². The van der Waals surface area contributed by atoms with Crippen LogP contribution in [0.2, 0.25) is 25.7 Å². The zero-order valence-electron chi connectivity index (χ0n) is 23.1. The van der Waals surface area contributed by atoms with E-state index in [1.807, 2.05) is 6.07 Å². The lowest BCUT2D eigenvalue weighted by molar-refractivity contribution is -0.252. The van der Waals surface area contributed by atoms with Crippen LogP contribution in [0.1, 0.15) is 46.8 Å². The summed E-state index contributed by atoms with van der Waals surface area (Å²) in [6.07, 6.45) is -2.96. The Balaban J connectivity index is 1.81. The van der Waals surface area contributed by atoms with E-state index < -0.39 is 37.3 Å². The number of imidazole rings is 1. The quantitative estimate of drug-likeness (QED) is 0.190. The van der Waals surface area contributed by atoms with Gasteiger partial charge in [-0.05, 0) is 55.0 Å². The predicted octanol–water partition coefficient (Wildman–Crippen LogP) is 6.08. The Kier molecular flexibility index (Phi) is 7.00. The smallest absolute Gasteiger partial charge is 0.428 e. The lowest BCUT2D eigenvalue weighted by Gasteiger charge is -2.33. The molecule has 1 aliphatic carbocycles. The van der Waals surface area contributed by atoms with E-state index in [2.05, 4.69) is 29.6 Å². The summed E-state index contributed by atoms with van der Waals surface area (Å²) in [5.41, 5.74) is -3.17. The van der Waals surface area contributed by atoms with Crippen molar-refractivity contribution in [2.45, 2.75) is 69.9 Å². The van der Waals surface area contributed by atoms with Crippen LogP contribution in [-0.2, 0) is 17.1 Å². The summed E-state index contributed by atoms with van der Waals surface area (Å²) in [6.45, 7) is 8.00. The molecule has 5 rings (SSSR count). The molecule has 0 aliphatic heterocycles. The van der Waals surface area contributed by atoms with Gasteiger partial charge in [0.05, 0.1) is 11.1 Å². The Hall–Kier alpha value is -3.73. The number of benzene rings is 1. The molecule has 0 saturated heterocycles. The molecule has 4 aromatic rings. The van der Waals surface area contributed by atoms with Crippen LogP contribution in [0.25, 0.3) is 22.1 Å². The van der Waals surface area contributed by atoms with Crippen molar-refractivity contribution in [2.75, 3.05) is 6.61 Å². The van der Waals surface area contributed by atoms with E-state index in [4.69, 9.17) is 4.74 Å². The Morgan fingerprint density at radius 1 is 1.27 bits per heavy atom. The van der Waals surface area contributed by atoms with E-state index in [1.165, 1.54) is 30.6 Å². The van der Waals surface area contributed by atoms with E-state index in [9.17, 15) is 20.3 Å². The second-order valence-electron chi connectivity index (χ2n) is 11.8. The molecule has 41 heavy (non-hydrogen) atoms. The van der Waals surface area contributed by atoms with Gasteiger partial charge in [0.15, 0.2) is 11.5 Å². The fourth-order valence-corrected chi connectivity index (χ4v) is 5.99. The first kappa shape index (κ1) is 28.8. The number of nitrogens with zero attached hydrogens (tertiary/aromatic N) is 5. The number of hydrogen-bond donors (Lipinski definition) is 2. The fraction of sp³-hybridized carbons (Fsp3) is 0.429. The monoisotopic (exact) mass is 585 g/mol. The summed E-state index contributed by atoms with van der Waals surface area (Å²) >= 11 is 0. The number of aromatic nitrogens is 4. The second kappa shape index (κ2) is 9.97. The third-order valence-corrected chi connectivity index (χ3v) is 9.14. The number of aliphatic hydroxyl groups is 1. The van der Waals surface area contributed by atoms with Gasteiger partial charge in [0, 0.05) is 38.0 Å². The Morgan fingerprint density at radius 2 is 1.98 bits per heavy atom. The number of fused-ring (bicyclic) bond motifs is 2. The molecule has 0 amide bonds. The number of ether oxygens (including phenoxy) is 1. The van der Waals surface area contributed by atoms with E-state index in [0.717, 1.165) is 15.2 Å². The summed E-state index contributed by atoms with van der Waals surface area (Å²) in [6, 6.07) is 6.81. The standard InChI is InChI=1S/C28H30F3N5O4Si/c1-16-11-20(18-5-6-18)22(19-7-8-35(23(16)19)26(37)38)27(39,28(29,30)31)25-34-21-12-17(13-32)14-33-24(21)36(25)15-40-9-10-41(2,3)4/h7-8,11-12,14,18,39H,5-6,9-10,15H2,1-4H3,(H,37,38). The third-order valence-electron chi connectivity index (χ3n) is 7.44. The Labute approximate surface area is 234 Å². The van der Waals surface area contributed by atoms with Crippen molar-refractivity contribution in [3.05, 3.63) is 58.7 Å². The van der Waals surface area contributed by atoms with Crippen LogP contribution in [0.4, 0.5) is 18.0 Å². The lowest BCUT2D eigenvalue weighted by Crippen LogP contribution is -2.46. The predicted molar refractivity (Wildman–Crippen MR) is 147 cm³/mol. The summed E-state index contributed by atoms with van der Waals surface area (Å²) in [5, 5.41) is 31.1. The number of hydrogen-bond acceptors (Lipinski definition) is 6. The lowest BCUT2D eigenvalue weighted by atomic mass is 9.83. The summed E-state index contributed by atoms with van der Waals surface area (Å²) in [7, 11) is -1.52. The van der Waals surface area contributed by atoms with E-state index in [-0.39, 0.29) is 40.3 Å². The van der Waals surface area contributed by atoms with Gasteiger partial charge in [-0.25, -0.2) is 14.8 Å². The molecule has 1 atom stereocenters. The van der Waals surface area contributed by atoms with E-state index in [1.54, 1.807) is 6.92 Å². The highest BCUT2D eigenvalue weighted by Gasteiger charge is 2.61. The normalized spacial score (nSPS) is 15.8. The van der Waals surface area contributed by atoms with Crippen molar-refractivity contribution in [3.8, 4) is 6.07 Å². The van der Waals surface area contributed by atoms with Crippen LogP contribution >= 0.6 is 0 Å². The molecule has 0 radical (unpaired) electrons. The van der Waals surface area contributed by atoms with Gasteiger partial charge in [0.25, 0.3) is 0 Å². The zero-order valence-corrected chi connectivity index (χ0v) is 24.1. The number of nitriles is 1. The molecular formula is C28H30F3N5O4Si. The SMILES string of the molecule is Cc1cc(C2CC2)c(C(O)(c2nc3cc(C#N)cnc3n2COCC[Si](C)(C)C)C(F)(F)F)c2ccn(C(=O)O)c12. The van der Waals surface area contributed by atoms with Gasteiger partial charge >= 0.3 is 12.3 Å². The first-order valence-electron chi connectivity index (χ1n) is 13.2. The van der Waals surface area contributed by atoms with Crippen LogP contribution in [0, 0.1) is 18.3 Å². The number of halogens is 3. The maximum absolute atomic E-state index is 15.4. The number of pyridine rings is 1. The summed E-state index contributed by atoms with van der Waals surface area (Å²) in [4.78, 5) is 20.4. The van der Waals surface area contributed by atoms with Gasteiger partial charge in [0.2, 0.25) is 5.60 Å². The second-order valence-corrected chi connectivity index (χ2v) is 17.4. The van der Waals surface area contributed by atoms with Gasteiger partial charge in [-0.1, -0.05) is 25.7 Å². The van der Waals surface area contributed by atoms with Crippen molar-refractivity contribution in [1.82, 2.24) is 19.1 Å². The average Bonchev–Trinajstić information content (AvgIpc) is 3.52. The third kappa shape index (κ3) is 5.00. The Morgan fingerprint density at radius 3 is 2.56 bits per heavy atom. The average molecular weight is 586 g/mol. The summed E-state index contributed by atoms with van der Waals surface area (Å²) < 4.78 is 54.0. The zero-order chi connectivity index (χ0) is 29.9. The first-order valence-corrected chi connectivity index (χ1v) is 16.9. The number of alkyl halides is 3. The minimum Gasteiger partial charge on any atom is -0.464 e. The van der Waals surface area contributed by atoms with Crippen molar-refractivity contribution < 1.29 is 32.9 Å². The molecule has 1 saturated carbocycles. The largest absolute Gasteiger partial charge is 0.464 e. The summed E-state index contributed by atoms with van der Waals surface area (Å²) in [5.74, 6) is -0.991. The van der Waals surface area contributed by atoms with Crippen LogP contribution in [0.5, 0.6) is 0 Å². The molecule has 13 heteroatoms. The highest BCUT2D eigenvalue weighted by atomic mass is 28.3. The van der Waals surface area contributed by atoms with Crippen LogP contribution in [0.3, 0.4) is 0 Å². The van der Waals surface area contributed by atoms with Gasteiger partial charge < -0.3 is 14.9 Å². The minimum atomic E-state index is -5.28. The van der Waals surface area contributed by atoms with E-state index in [0.29, 0.717) is 30.6 Å². The number of carboxylic acid groups (broad SMARTS) is 1. The maximum atomic E-state index is 15.4. The minimum absolute atomic E-state index is 0.00467. The van der Waals surface area contributed by atoms with Gasteiger partial charge in [-0.15, -0.1) is 0 Å². The highest BCUT2D eigenvalue weighted by Crippen LogP contribution is 2.53. The molecule has 0 spiro atoms.